The molecule has 1 fully saturated rings. The predicted octanol–water partition coefficient (Wildman–Crippen LogP) is 3.27. The molecule has 1 aliphatic carbocycles. The Labute approximate surface area is 178 Å². The third kappa shape index (κ3) is 4.63. The van der Waals surface area contributed by atoms with Crippen LogP contribution in [0.15, 0.2) is 24.4 Å². The number of carbonyl (C=O) groups is 2. The van der Waals surface area contributed by atoms with Crippen molar-refractivity contribution in [3.05, 3.63) is 52.9 Å². The Bertz CT molecular complexity index is 1100. The summed E-state index contributed by atoms with van der Waals surface area (Å²) in [4.78, 5) is 24.7. The van der Waals surface area contributed by atoms with Crippen molar-refractivity contribution in [3.63, 3.8) is 0 Å². The Morgan fingerprint density at radius 2 is 1.97 bits per heavy atom. The zero-order valence-electron chi connectivity index (χ0n) is 16.6. The Morgan fingerprint density at radius 1 is 1.28 bits per heavy atom. The first-order valence-electron chi connectivity index (χ1n) is 9.27. The van der Waals surface area contributed by atoms with Crippen LogP contribution in [0.25, 0.3) is 0 Å². The van der Waals surface area contributed by atoms with E-state index in [0.717, 1.165) is 22.9 Å². The maximum Gasteiger partial charge on any atom is 0.406 e. The molecule has 2 aromatic rings. The van der Waals surface area contributed by atoms with Crippen molar-refractivity contribution >= 4 is 17.4 Å². The number of carbonyl (C=O) groups excluding carboxylic acids is 2. The number of hydrogen-bond acceptors (Lipinski definition) is 5. The van der Waals surface area contributed by atoms with E-state index < -0.39 is 59.6 Å². The number of benzene rings is 1. The molecule has 0 saturated heterocycles. The number of ketones is 1. The van der Waals surface area contributed by atoms with Crippen LogP contribution < -0.4 is 10.6 Å². The van der Waals surface area contributed by atoms with Gasteiger partial charge in [-0.1, -0.05) is 0 Å². The van der Waals surface area contributed by atoms with E-state index in [4.69, 9.17) is 10.00 Å². The molecular formula is C20H17F5N4O3. The summed E-state index contributed by atoms with van der Waals surface area (Å²) in [5.74, 6) is -3.77. The normalized spacial score (nSPS) is 14.7. The molecule has 1 heterocycles. The van der Waals surface area contributed by atoms with Crippen LogP contribution in [0, 0.1) is 23.0 Å². The van der Waals surface area contributed by atoms with Crippen molar-refractivity contribution in [1.29, 1.82) is 5.26 Å². The minimum atomic E-state index is -4.44. The summed E-state index contributed by atoms with van der Waals surface area (Å²) in [6.07, 6.45) is -3.58. The minimum Gasteiger partial charge on any atom is -0.358 e. The number of nitriles is 1. The van der Waals surface area contributed by atoms with Crippen LogP contribution in [-0.4, -0.2) is 41.3 Å². The van der Waals surface area contributed by atoms with E-state index in [1.807, 2.05) is 0 Å². The predicted molar refractivity (Wildman–Crippen MR) is 101 cm³/mol. The van der Waals surface area contributed by atoms with Gasteiger partial charge in [-0.25, -0.2) is 8.78 Å². The molecule has 1 aromatic heterocycles. The van der Waals surface area contributed by atoms with Gasteiger partial charge in [0.05, 0.1) is 17.9 Å². The Balaban J connectivity index is 1.63. The standard InChI is InChI=1S/C20H17F5N4O3/c1-29-8-13(15(30)9-32-10-27-19(4-5-19)20(23,24)25)16(22)17(29)18(31)28-12-2-3-14(21)11(6-12)7-26/h2-3,6,8,27H,4-5,9-10H2,1H3,(H,28,31). The van der Waals surface area contributed by atoms with E-state index in [2.05, 4.69) is 10.6 Å². The molecule has 0 bridgehead atoms. The lowest BCUT2D eigenvalue weighted by molar-refractivity contribution is -0.169. The van der Waals surface area contributed by atoms with Crippen LogP contribution in [-0.2, 0) is 11.8 Å². The number of halogens is 5. The molecule has 0 atom stereocenters. The number of aromatic nitrogens is 1. The van der Waals surface area contributed by atoms with E-state index in [1.165, 1.54) is 13.1 Å². The monoisotopic (exact) mass is 456 g/mol. The van der Waals surface area contributed by atoms with Crippen molar-refractivity contribution in [3.8, 4) is 6.07 Å². The SMILES string of the molecule is Cn1cc(C(=O)COCNC2(C(F)(F)F)CC2)c(F)c1C(=O)Nc1ccc(F)c(C#N)c1. The maximum absolute atomic E-state index is 14.7. The summed E-state index contributed by atoms with van der Waals surface area (Å²) < 4.78 is 72.6. The van der Waals surface area contributed by atoms with Crippen molar-refractivity contribution in [1.82, 2.24) is 9.88 Å². The average molecular weight is 456 g/mol. The van der Waals surface area contributed by atoms with Gasteiger partial charge in [-0.3, -0.25) is 14.9 Å². The van der Waals surface area contributed by atoms with Gasteiger partial charge in [0, 0.05) is 18.9 Å². The van der Waals surface area contributed by atoms with Crippen LogP contribution in [0.4, 0.5) is 27.6 Å². The number of ether oxygens (including phenoxy) is 1. The van der Waals surface area contributed by atoms with Crippen LogP contribution >= 0.6 is 0 Å². The quantitative estimate of drug-likeness (QED) is 0.275. The fraction of sp³-hybridized carbons (Fsp3) is 0.350. The summed E-state index contributed by atoms with van der Waals surface area (Å²) in [6.45, 7) is -1.26. The molecule has 7 nitrogen and oxygen atoms in total. The molecule has 1 aliphatic rings. The molecular weight excluding hydrogens is 439 g/mol. The summed E-state index contributed by atoms with van der Waals surface area (Å²) in [6, 6.07) is 4.80. The first-order chi connectivity index (χ1) is 15.0. The number of aryl methyl sites for hydroxylation is 1. The molecule has 1 aromatic carbocycles. The van der Waals surface area contributed by atoms with Crippen molar-refractivity contribution < 1.29 is 36.3 Å². The zero-order chi connectivity index (χ0) is 23.7. The summed E-state index contributed by atoms with van der Waals surface area (Å²) in [5.41, 5.74) is -3.29. The molecule has 0 unspecified atom stereocenters. The first kappa shape index (κ1) is 23.4. The van der Waals surface area contributed by atoms with Crippen molar-refractivity contribution in [2.24, 2.45) is 7.05 Å². The molecule has 2 N–H and O–H groups in total. The highest BCUT2D eigenvalue weighted by atomic mass is 19.4. The lowest BCUT2D eigenvalue weighted by atomic mass is 10.2. The summed E-state index contributed by atoms with van der Waals surface area (Å²) in [7, 11) is 1.31. The number of alkyl halides is 3. The highest BCUT2D eigenvalue weighted by molar-refractivity contribution is 6.06. The highest BCUT2D eigenvalue weighted by Gasteiger charge is 2.63. The Hall–Kier alpha value is -3.30. The van der Waals surface area contributed by atoms with Crippen LogP contribution in [0.1, 0.15) is 39.3 Å². The Morgan fingerprint density at radius 3 is 2.56 bits per heavy atom. The van der Waals surface area contributed by atoms with Gasteiger partial charge in [0.2, 0.25) is 0 Å². The second-order valence-corrected chi connectivity index (χ2v) is 7.25. The maximum atomic E-state index is 14.7. The smallest absolute Gasteiger partial charge is 0.358 e. The minimum absolute atomic E-state index is 0.0366. The molecule has 170 valence electrons. The fourth-order valence-electron chi connectivity index (χ4n) is 3.03. The second kappa shape index (κ2) is 8.68. The number of amides is 1. The number of anilines is 1. The van der Waals surface area contributed by atoms with E-state index >= 15 is 0 Å². The van der Waals surface area contributed by atoms with Gasteiger partial charge >= 0.3 is 6.18 Å². The summed E-state index contributed by atoms with van der Waals surface area (Å²) in [5, 5.41) is 13.3. The second-order valence-electron chi connectivity index (χ2n) is 7.25. The number of hydrogen-bond donors (Lipinski definition) is 2. The third-order valence-electron chi connectivity index (χ3n) is 5.02. The fourth-order valence-corrected chi connectivity index (χ4v) is 3.03. The first-order valence-corrected chi connectivity index (χ1v) is 9.27. The number of Topliss-reactive ketones (excluding diaryl/α,β-unsaturated/α-hetero) is 1. The molecule has 0 spiro atoms. The molecule has 32 heavy (non-hydrogen) atoms. The van der Waals surface area contributed by atoms with E-state index in [0.29, 0.717) is 0 Å². The van der Waals surface area contributed by atoms with Crippen molar-refractivity contribution in [2.75, 3.05) is 18.7 Å². The molecule has 1 amide bonds. The van der Waals surface area contributed by atoms with Gasteiger partial charge in [0.1, 0.15) is 29.7 Å². The van der Waals surface area contributed by atoms with Gasteiger partial charge in [-0.2, -0.15) is 18.4 Å². The Kier molecular flexibility index (Phi) is 6.34. The lowest BCUT2D eigenvalue weighted by Gasteiger charge is -2.20. The van der Waals surface area contributed by atoms with Crippen LogP contribution in [0.3, 0.4) is 0 Å². The summed E-state index contributed by atoms with van der Waals surface area (Å²) >= 11 is 0. The number of nitrogens with one attached hydrogen (secondary N) is 2. The molecule has 0 aliphatic heterocycles. The van der Waals surface area contributed by atoms with Gasteiger partial charge in [0.25, 0.3) is 5.91 Å². The van der Waals surface area contributed by atoms with E-state index in [9.17, 15) is 31.5 Å². The average Bonchev–Trinajstić information content (AvgIpc) is 3.46. The molecule has 3 rings (SSSR count). The van der Waals surface area contributed by atoms with Crippen molar-refractivity contribution in [2.45, 2.75) is 24.6 Å². The molecule has 0 radical (unpaired) electrons. The van der Waals surface area contributed by atoms with Gasteiger partial charge in [-0.15, -0.1) is 0 Å². The highest BCUT2D eigenvalue weighted by Crippen LogP contribution is 2.48. The number of nitrogens with zero attached hydrogens (tertiary/aromatic N) is 2. The van der Waals surface area contributed by atoms with E-state index in [-0.39, 0.29) is 24.1 Å². The lowest BCUT2D eigenvalue weighted by Crippen LogP contribution is -2.46. The third-order valence-corrected chi connectivity index (χ3v) is 5.02. The zero-order valence-corrected chi connectivity index (χ0v) is 16.6. The van der Waals surface area contributed by atoms with Crippen LogP contribution in [0.2, 0.25) is 0 Å². The van der Waals surface area contributed by atoms with Gasteiger partial charge < -0.3 is 14.6 Å². The molecule has 12 heteroatoms. The van der Waals surface area contributed by atoms with Gasteiger partial charge in [0.15, 0.2) is 11.6 Å². The number of rotatable bonds is 8. The topological polar surface area (TPSA) is 96.2 Å². The molecule has 1 saturated carbocycles. The van der Waals surface area contributed by atoms with E-state index in [1.54, 1.807) is 6.07 Å². The van der Waals surface area contributed by atoms with Crippen LogP contribution in [0.5, 0.6) is 0 Å². The largest absolute Gasteiger partial charge is 0.406 e. The van der Waals surface area contributed by atoms with Gasteiger partial charge in [-0.05, 0) is 31.0 Å².